The molecule has 3 heterocycles. The standard InChI is InChI=1S/C29H38N4O5S/c1-20-15-21(2)33(31-20)12-8-27(34)32(24-7-5-6-11-30-29(24)35)18-23-16-25(36-3)28(26(17-23)37-4)38-13-9-22-10-14-39-19-22/h10,14-17,19,24H,5-9,11-13,18H2,1-4H3,(H,30,35)/t24-/m0/s1. The predicted molar refractivity (Wildman–Crippen MR) is 151 cm³/mol. The molecule has 10 heteroatoms. The van der Waals surface area contributed by atoms with Gasteiger partial charge >= 0.3 is 0 Å². The number of nitrogens with one attached hydrogen (secondary N) is 1. The number of aromatic nitrogens is 2. The number of aryl methyl sites for hydroxylation is 3. The molecular formula is C29H38N4O5S. The van der Waals surface area contributed by atoms with Crippen LogP contribution in [0.3, 0.4) is 0 Å². The van der Waals surface area contributed by atoms with Crippen LogP contribution in [0.5, 0.6) is 17.2 Å². The Hall–Kier alpha value is -3.53. The van der Waals surface area contributed by atoms with Gasteiger partial charge < -0.3 is 24.4 Å². The van der Waals surface area contributed by atoms with Crippen molar-refractivity contribution in [2.75, 3.05) is 27.4 Å². The van der Waals surface area contributed by atoms with Crippen LogP contribution in [-0.2, 0) is 29.1 Å². The number of hydrogen-bond donors (Lipinski definition) is 1. The first kappa shape index (κ1) is 28.5. The van der Waals surface area contributed by atoms with Gasteiger partial charge in [0.05, 0.1) is 26.5 Å². The number of nitrogens with zero attached hydrogens (tertiary/aromatic N) is 3. The topological polar surface area (TPSA) is 94.9 Å². The van der Waals surface area contributed by atoms with Crippen LogP contribution in [-0.4, -0.2) is 59.9 Å². The maximum Gasteiger partial charge on any atom is 0.242 e. The van der Waals surface area contributed by atoms with Crippen LogP contribution in [0.2, 0.25) is 0 Å². The first-order valence-electron chi connectivity index (χ1n) is 13.4. The van der Waals surface area contributed by atoms with Crippen LogP contribution in [0.1, 0.15) is 48.2 Å². The Kier molecular flexibility index (Phi) is 9.86. The normalized spacial score (nSPS) is 15.4. The molecule has 1 aliphatic heterocycles. The van der Waals surface area contributed by atoms with E-state index in [4.69, 9.17) is 14.2 Å². The van der Waals surface area contributed by atoms with Gasteiger partial charge in [0.25, 0.3) is 0 Å². The molecule has 210 valence electrons. The van der Waals surface area contributed by atoms with E-state index in [9.17, 15) is 9.59 Å². The van der Waals surface area contributed by atoms with Gasteiger partial charge in [0, 0.05) is 38.2 Å². The summed E-state index contributed by atoms with van der Waals surface area (Å²) in [4.78, 5) is 28.3. The highest BCUT2D eigenvalue weighted by Crippen LogP contribution is 2.39. The van der Waals surface area contributed by atoms with Crippen LogP contribution < -0.4 is 19.5 Å². The molecule has 1 saturated heterocycles. The van der Waals surface area contributed by atoms with E-state index in [-0.39, 0.29) is 24.8 Å². The fourth-order valence-electron chi connectivity index (χ4n) is 4.91. The summed E-state index contributed by atoms with van der Waals surface area (Å²) < 4.78 is 19.3. The fraction of sp³-hybridized carbons (Fsp3) is 0.483. The third kappa shape index (κ3) is 7.32. The van der Waals surface area contributed by atoms with Gasteiger partial charge in [0.15, 0.2) is 11.5 Å². The van der Waals surface area contributed by atoms with Gasteiger partial charge in [0.1, 0.15) is 6.04 Å². The van der Waals surface area contributed by atoms with E-state index in [2.05, 4.69) is 21.9 Å². The molecule has 3 aromatic rings. The summed E-state index contributed by atoms with van der Waals surface area (Å²) in [5.41, 5.74) is 3.93. The summed E-state index contributed by atoms with van der Waals surface area (Å²) in [5.74, 6) is 1.36. The van der Waals surface area contributed by atoms with Crippen LogP contribution in [0.15, 0.2) is 35.0 Å². The van der Waals surface area contributed by atoms with Gasteiger partial charge in [-0.05, 0) is 79.3 Å². The molecule has 0 unspecified atom stereocenters. The first-order valence-corrected chi connectivity index (χ1v) is 14.3. The van der Waals surface area contributed by atoms with Crippen molar-refractivity contribution >= 4 is 23.2 Å². The molecule has 1 fully saturated rings. The molecule has 1 N–H and O–H groups in total. The molecule has 0 saturated carbocycles. The fourth-order valence-corrected chi connectivity index (χ4v) is 5.61. The molecule has 9 nitrogen and oxygen atoms in total. The minimum atomic E-state index is -0.543. The van der Waals surface area contributed by atoms with Crippen molar-refractivity contribution in [1.29, 1.82) is 0 Å². The molecule has 1 atom stereocenters. The third-order valence-corrected chi connectivity index (χ3v) is 7.67. The lowest BCUT2D eigenvalue weighted by Crippen LogP contribution is -2.48. The van der Waals surface area contributed by atoms with Gasteiger partial charge in [-0.15, -0.1) is 0 Å². The number of hydrogen-bond acceptors (Lipinski definition) is 7. The van der Waals surface area contributed by atoms with Gasteiger partial charge in [-0.2, -0.15) is 16.4 Å². The molecular weight excluding hydrogens is 516 g/mol. The van der Waals surface area contributed by atoms with Crippen LogP contribution >= 0.6 is 11.3 Å². The third-order valence-electron chi connectivity index (χ3n) is 6.93. The van der Waals surface area contributed by atoms with E-state index in [0.717, 1.165) is 36.2 Å². The van der Waals surface area contributed by atoms with Gasteiger partial charge in [-0.3, -0.25) is 14.3 Å². The summed E-state index contributed by atoms with van der Waals surface area (Å²) >= 11 is 1.66. The van der Waals surface area contributed by atoms with E-state index in [1.54, 1.807) is 30.5 Å². The highest BCUT2D eigenvalue weighted by molar-refractivity contribution is 7.07. The predicted octanol–water partition coefficient (Wildman–Crippen LogP) is 4.29. The second-order valence-corrected chi connectivity index (χ2v) is 10.6. The van der Waals surface area contributed by atoms with Crippen molar-refractivity contribution in [1.82, 2.24) is 20.0 Å². The lowest BCUT2D eigenvalue weighted by molar-refractivity contribution is -0.141. The molecule has 1 aromatic carbocycles. The quantitative estimate of drug-likeness (QED) is 0.359. The number of methoxy groups -OCH3 is 2. The number of amides is 2. The minimum absolute atomic E-state index is 0.0985. The highest BCUT2D eigenvalue weighted by Gasteiger charge is 2.31. The minimum Gasteiger partial charge on any atom is -0.493 e. The van der Waals surface area contributed by atoms with E-state index in [1.807, 2.05) is 42.1 Å². The second kappa shape index (κ2) is 13.5. The Morgan fingerprint density at radius 1 is 1.15 bits per heavy atom. The van der Waals surface area contributed by atoms with Gasteiger partial charge in [0.2, 0.25) is 17.6 Å². The lowest BCUT2D eigenvalue weighted by atomic mass is 10.1. The summed E-state index contributed by atoms with van der Waals surface area (Å²) in [6.07, 6.45) is 3.40. The van der Waals surface area contributed by atoms with E-state index >= 15 is 0 Å². The Balaban J connectivity index is 1.56. The Bertz CT molecular complexity index is 1230. The zero-order valence-corrected chi connectivity index (χ0v) is 24.0. The highest BCUT2D eigenvalue weighted by atomic mass is 32.1. The maximum atomic E-state index is 13.6. The van der Waals surface area contributed by atoms with Crippen molar-refractivity contribution in [3.63, 3.8) is 0 Å². The average molecular weight is 555 g/mol. The van der Waals surface area contributed by atoms with Crippen molar-refractivity contribution in [2.45, 2.75) is 65.1 Å². The second-order valence-electron chi connectivity index (χ2n) is 9.78. The zero-order chi connectivity index (χ0) is 27.8. The largest absolute Gasteiger partial charge is 0.493 e. The molecule has 2 aromatic heterocycles. The van der Waals surface area contributed by atoms with Crippen LogP contribution in [0.4, 0.5) is 0 Å². The monoisotopic (exact) mass is 554 g/mol. The summed E-state index contributed by atoms with van der Waals surface area (Å²) in [6, 6.07) is 7.24. The van der Waals surface area contributed by atoms with E-state index in [0.29, 0.717) is 43.4 Å². The first-order chi connectivity index (χ1) is 18.9. The SMILES string of the molecule is COc1cc(CN(C(=O)CCn2nc(C)cc2C)[C@H]2CCCCNC2=O)cc(OC)c1OCCc1ccsc1. The van der Waals surface area contributed by atoms with Gasteiger partial charge in [-0.1, -0.05) is 0 Å². The molecule has 0 spiro atoms. The molecule has 4 rings (SSSR count). The van der Waals surface area contributed by atoms with Crippen molar-refractivity contribution in [2.24, 2.45) is 0 Å². The number of benzene rings is 1. The van der Waals surface area contributed by atoms with Crippen molar-refractivity contribution in [3.8, 4) is 17.2 Å². The number of ether oxygens (including phenoxy) is 3. The molecule has 39 heavy (non-hydrogen) atoms. The summed E-state index contributed by atoms with van der Waals surface area (Å²) in [6.45, 7) is 5.71. The lowest BCUT2D eigenvalue weighted by Gasteiger charge is -2.30. The summed E-state index contributed by atoms with van der Waals surface area (Å²) in [7, 11) is 3.17. The van der Waals surface area contributed by atoms with E-state index < -0.39 is 6.04 Å². The van der Waals surface area contributed by atoms with Crippen LogP contribution in [0, 0.1) is 13.8 Å². The number of carbonyl (C=O) groups is 2. The Labute approximate surface area is 234 Å². The number of carbonyl (C=O) groups excluding carboxylic acids is 2. The molecule has 0 bridgehead atoms. The zero-order valence-electron chi connectivity index (χ0n) is 23.2. The number of thiophene rings is 1. The van der Waals surface area contributed by atoms with Crippen molar-refractivity contribution < 1.29 is 23.8 Å². The van der Waals surface area contributed by atoms with Crippen molar-refractivity contribution in [3.05, 3.63) is 57.5 Å². The molecule has 0 radical (unpaired) electrons. The molecule has 2 amide bonds. The Morgan fingerprint density at radius 3 is 2.56 bits per heavy atom. The average Bonchev–Trinajstić information content (AvgIpc) is 3.50. The van der Waals surface area contributed by atoms with E-state index in [1.165, 1.54) is 5.56 Å². The van der Waals surface area contributed by atoms with Crippen LogP contribution in [0.25, 0.3) is 0 Å². The smallest absolute Gasteiger partial charge is 0.242 e. The molecule has 1 aliphatic rings. The van der Waals surface area contributed by atoms with Gasteiger partial charge in [-0.25, -0.2) is 0 Å². The Morgan fingerprint density at radius 2 is 1.92 bits per heavy atom. The number of rotatable bonds is 12. The maximum absolute atomic E-state index is 13.6. The summed E-state index contributed by atoms with van der Waals surface area (Å²) in [5, 5.41) is 11.6. The molecule has 0 aliphatic carbocycles.